The van der Waals surface area contributed by atoms with Crippen molar-refractivity contribution in [1.82, 2.24) is 14.8 Å². The lowest BCUT2D eigenvalue weighted by atomic mass is 10.2. The van der Waals surface area contributed by atoms with Crippen molar-refractivity contribution in [2.75, 3.05) is 0 Å². The SMILES string of the molecule is Cc1ccc(-n2nc(CN)[nH]c2=O)cc1. The Hall–Kier alpha value is -1.88. The van der Waals surface area contributed by atoms with E-state index in [0.717, 1.165) is 11.3 Å². The molecule has 0 spiro atoms. The predicted octanol–water partition coefficient (Wildman–Crippen LogP) is 0.328. The fourth-order valence-corrected chi connectivity index (χ4v) is 1.32. The fourth-order valence-electron chi connectivity index (χ4n) is 1.32. The summed E-state index contributed by atoms with van der Waals surface area (Å²) in [6.07, 6.45) is 0. The van der Waals surface area contributed by atoms with Crippen LogP contribution in [0.15, 0.2) is 29.1 Å². The Morgan fingerprint density at radius 3 is 2.60 bits per heavy atom. The molecule has 3 N–H and O–H groups in total. The molecule has 0 saturated carbocycles. The van der Waals surface area contributed by atoms with Crippen molar-refractivity contribution < 1.29 is 0 Å². The summed E-state index contributed by atoms with van der Waals surface area (Å²) >= 11 is 0. The largest absolute Gasteiger partial charge is 0.348 e. The van der Waals surface area contributed by atoms with Gasteiger partial charge in [-0.05, 0) is 19.1 Å². The molecule has 1 aromatic heterocycles. The van der Waals surface area contributed by atoms with Crippen molar-refractivity contribution in [3.05, 3.63) is 46.1 Å². The van der Waals surface area contributed by atoms with Crippen LogP contribution < -0.4 is 11.4 Å². The third kappa shape index (κ3) is 1.82. The minimum Gasteiger partial charge on any atom is -0.324 e. The van der Waals surface area contributed by atoms with E-state index in [1.807, 2.05) is 31.2 Å². The molecule has 0 atom stereocenters. The Morgan fingerprint density at radius 2 is 2.07 bits per heavy atom. The van der Waals surface area contributed by atoms with E-state index in [9.17, 15) is 4.79 Å². The number of aromatic nitrogens is 3. The van der Waals surface area contributed by atoms with Gasteiger partial charge in [-0.15, -0.1) is 5.10 Å². The summed E-state index contributed by atoms with van der Waals surface area (Å²) in [6.45, 7) is 2.22. The number of aromatic amines is 1. The summed E-state index contributed by atoms with van der Waals surface area (Å²) in [5.74, 6) is 0.487. The standard InChI is InChI=1S/C10H12N4O/c1-7-2-4-8(5-3-7)14-10(15)12-9(6-11)13-14/h2-5H,6,11H2,1H3,(H,12,13,15). The molecule has 5 nitrogen and oxygen atoms in total. The Morgan fingerprint density at radius 1 is 1.40 bits per heavy atom. The lowest BCUT2D eigenvalue weighted by Crippen LogP contribution is -2.15. The molecule has 0 amide bonds. The average molecular weight is 204 g/mol. The highest BCUT2D eigenvalue weighted by atomic mass is 16.1. The zero-order chi connectivity index (χ0) is 10.8. The van der Waals surface area contributed by atoms with Crippen molar-refractivity contribution in [2.45, 2.75) is 13.5 Å². The van der Waals surface area contributed by atoms with Crippen molar-refractivity contribution in [3.8, 4) is 5.69 Å². The van der Waals surface area contributed by atoms with E-state index in [1.54, 1.807) is 0 Å². The van der Waals surface area contributed by atoms with Crippen LogP contribution in [-0.2, 0) is 6.54 Å². The van der Waals surface area contributed by atoms with Crippen molar-refractivity contribution in [3.63, 3.8) is 0 Å². The van der Waals surface area contributed by atoms with Crippen LogP contribution in [0.3, 0.4) is 0 Å². The second-order valence-electron chi connectivity index (χ2n) is 3.33. The van der Waals surface area contributed by atoms with Gasteiger partial charge in [0, 0.05) is 0 Å². The monoisotopic (exact) mass is 204 g/mol. The lowest BCUT2D eigenvalue weighted by Gasteiger charge is -1.98. The van der Waals surface area contributed by atoms with E-state index in [1.165, 1.54) is 4.68 Å². The number of aryl methyl sites for hydroxylation is 1. The van der Waals surface area contributed by atoms with Crippen molar-refractivity contribution in [2.24, 2.45) is 5.73 Å². The number of hydrogen-bond acceptors (Lipinski definition) is 3. The molecule has 0 bridgehead atoms. The number of nitrogens with zero attached hydrogens (tertiary/aromatic N) is 2. The molecule has 0 aliphatic rings. The molecule has 15 heavy (non-hydrogen) atoms. The summed E-state index contributed by atoms with van der Waals surface area (Å²) in [6, 6.07) is 7.55. The third-order valence-corrected chi connectivity index (χ3v) is 2.14. The quantitative estimate of drug-likeness (QED) is 0.740. The normalized spacial score (nSPS) is 10.5. The number of benzene rings is 1. The smallest absolute Gasteiger partial charge is 0.324 e. The van der Waals surface area contributed by atoms with Gasteiger partial charge in [-0.1, -0.05) is 17.7 Å². The molecule has 0 aliphatic carbocycles. The summed E-state index contributed by atoms with van der Waals surface area (Å²) in [5.41, 5.74) is 7.00. The van der Waals surface area contributed by atoms with E-state index >= 15 is 0 Å². The molecule has 0 fully saturated rings. The van der Waals surface area contributed by atoms with Gasteiger partial charge < -0.3 is 5.73 Å². The first-order valence-corrected chi connectivity index (χ1v) is 4.66. The number of hydrogen-bond donors (Lipinski definition) is 2. The van der Waals surface area contributed by atoms with E-state index in [2.05, 4.69) is 10.1 Å². The van der Waals surface area contributed by atoms with Crippen LogP contribution in [-0.4, -0.2) is 14.8 Å². The van der Waals surface area contributed by atoms with Crippen LogP contribution in [0.25, 0.3) is 5.69 Å². The van der Waals surface area contributed by atoms with Gasteiger partial charge >= 0.3 is 5.69 Å². The molecule has 0 aliphatic heterocycles. The third-order valence-electron chi connectivity index (χ3n) is 2.14. The Kier molecular flexibility index (Phi) is 2.39. The first-order valence-electron chi connectivity index (χ1n) is 4.66. The fraction of sp³-hybridized carbons (Fsp3) is 0.200. The first-order chi connectivity index (χ1) is 7.20. The van der Waals surface area contributed by atoms with E-state index in [0.29, 0.717) is 5.82 Å². The van der Waals surface area contributed by atoms with Gasteiger partial charge in [0.1, 0.15) is 5.82 Å². The van der Waals surface area contributed by atoms with Crippen LogP contribution in [0.4, 0.5) is 0 Å². The average Bonchev–Trinajstić information content (AvgIpc) is 2.61. The molecule has 0 radical (unpaired) electrons. The van der Waals surface area contributed by atoms with Gasteiger partial charge in [0.2, 0.25) is 0 Å². The Labute approximate surface area is 86.5 Å². The minimum absolute atomic E-state index is 0.230. The number of rotatable bonds is 2. The van der Waals surface area contributed by atoms with Crippen LogP contribution in [0.2, 0.25) is 0 Å². The summed E-state index contributed by atoms with van der Waals surface area (Å²) in [7, 11) is 0. The second kappa shape index (κ2) is 3.70. The van der Waals surface area contributed by atoms with Crippen LogP contribution in [0.1, 0.15) is 11.4 Å². The van der Waals surface area contributed by atoms with Gasteiger partial charge in [-0.3, -0.25) is 4.98 Å². The maximum atomic E-state index is 11.5. The van der Waals surface area contributed by atoms with Crippen LogP contribution in [0.5, 0.6) is 0 Å². The highest BCUT2D eigenvalue weighted by Gasteiger charge is 2.04. The number of H-pyrrole nitrogens is 1. The predicted molar refractivity (Wildman–Crippen MR) is 56.8 cm³/mol. The molecular weight excluding hydrogens is 192 g/mol. The molecular formula is C10H12N4O. The molecule has 5 heteroatoms. The van der Waals surface area contributed by atoms with Gasteiger partial charge in [-0.2, -0.15) is 4.68 Å². The van der Waals surface area contributed by atoms with Crippen LogP contribution >= 0.6 is 0 Å². The summed E-state index contributed by atoms with van der Waals surface area (Å²) in [4.78, 5) is 14.1. The molecule has 1 aromatic carbocycles. The highest BCUT2D eigenvalue weighted by molar-refractivity contribution is 5.32. The van der Waals surface area contributed by atoms with Crippen molar-refractivity contribution in [1.29, 1.82) is 0 Å². The summed E-state index contributed by atoms with van der Waals surface area (Å²) < 4.78 is 1.31. The molecule has 2 aromatic rings. The minimum atomic E-state index is -0.265. The summed E-state index contributed by atoms with van der Waals surface area (Å²) in [5, 5.41) is 4.05. The molecule has 78 valence electrons. The molecule has 2 rings (SSSR count). The number of nitrogens with two attached hydrogens (primary N) is 1. The van der Waals surface area contributed by atoms with E-state index in [-0.39, 0.29) is 12.2 Å². The van der Waals surface area contributed by atoms with Gasteiger partial charge in [0.15, 0.2) is 0 Å². The zero-order valence-electron chi connectivity index (χ0n) is 8.40. The first kappa shape index (κ1) is 9.67. The molecule has 0 unspecified atom stereocenters. The molecule has 0 saturated heterocycles. The van der Waals surface area contributed by atoms with Crippen LogP contribution in [0, 0.1) is 6.92 Å². The van der Waals surface area contributed by atoms with E-state index in [4.69, 9.17) is 5.73 Å². The highest BCUT2D eigenvalue weighted by Crippen LogP contribution is 2.05. The Balaban J connectivity index is 2.49. The topological polar surface area (TPSA) is 76.7 Å². The van der Waals surface area contributed by atoms with E-state index < -0.39 is 0 Å². The van der Waals surface area contributed by atoms with Gasteiger partial charge in [0.25, 0.3) is 0 Å². The van der Waals surface area contributed by atoms with Crippen molar-refractivity contribution >= 4 is 0 Å². The lowest BCUT2D eigenvalue weighted by molar-refractivity contribution is 0.813. The van der Waals surface area contributed by atoms with Gasteiger partial charge in [-0.25, -0.2) is 4.79 Å². The molecule has 1 heterocycles. The zero-order valence-corrected chi connectivity index (χ0v) is 8.40. The Bertz CT molecular complexity index is 509. The number of nitrogens with one attached hydrogen (secondary N) is 1. The second-order valence-corrected chi connectivity index (χ2v) is 3.33. The maximum Gasteiger partial charge on any atom is 0.348 e. The van der Waals surface area contributed by atoms with Gasteiger partial charge in [0.05, 0.1) is 12.2 Å². The maximum absolute atomic E-state index is 11.5.